The van der Waals surface area contributed by atoms with Crippen LogP contribution in [0.5, 0.6) is 0 Å². The molecule has 0 saturated carbocycles. The molecule has 2 amide bonds. The summed E-state index contributed by atoms with van der Waals surface area (Å²) in [5.74, 6) is 0.460. The van der Waals surface area contributed by atoms with Crippen molar-refractivity contribution in [2.75, 3.05) is 13.1 Å². The molecular formula is C26H34N2O2. The molecule has 1 heterocycles. The second-order valence-corrected chi connectivity index (χ2v) is 8.92. The molecule has 0 bridgehead atoms. The van der Waals surface area contributed by atoms with E-state index < -0.39 is 5.54 Å². The van der Waals surface area contributed by atoms with Gasteiger partial charge in [0.1, 0.15) is 5.54 Å². The lowest BCUT2D eigenvalue weighted by Gasteiger charge is -2.39. The fourth-order valence-corrected chi connectivity index (χ4v) is 4.16. The zero-order valence-corrected chi connectivity index (χ0v) is 18.5. The standard InChI is InChI=1S/C26H34N2O2/c1-20(2)16-18-27-25(30)26(3)17-15-22-13-7-8-14-23(22)24(29)28(26)19-9-12-21-10-5-4-6-11-21/h4-8,10-11,13-14,20H,9,12,15-19H2,1-3H3,(H,27,30)/t26-/m1/s1. The Morgan fingerprint density at radius 2 is 1.80 bits per heavy atom. The molecule has 0 fully saturated rings. The Kier molecular flexibility index (Phi) is 7.30. The average molecular weight is 407 g/mol. The summed E-state index contributed by atoms with van der Waals surface area (Å²) in [5, 5.41) is 3.10. The smallest absolute Gasteiger partial charge is 0.255 e. The molecule has 1 aliphatic rings. The van der Waals surface area contributed by atoms with Crippen LogP contribution in [0, 0.1) is 5.92 Å². The highest BCUT2D eigenvalue weighted by Crippen LogP contribution is 2.31. The van der Waals surface area contributed by atoms with E-state index in [1.807, 2.05) is 54.3 Å². The summed E-state index contributed by atoms with van der Waals surface area (Å²) >= 11 is 0. The van der Waals surface area contributed by atoms with Crippen LogP contribution in [0.15, 0.2) is 54.6 Å². The van der Waals surface area contributed by atoms with Crippen molar-refractivity contribution in [2.24, 2.45) is 5.92 Å². The number of carbonyl (C=O) groups excluding carboxylic acids is 2. The zero-order valence-electron chi connectivity index (χ0n) is 18.5. The van der Waals surface area contributed by atoms with Crippen LogP contribution in [0.1, 0.15) is 61.5 Å². The van der Waals surface area contributed by atoms with Gasteiger partial charge in [-0.05, 0) is 62.1 Å². The van der Waals surface area contributed by atoms with Crippen molar-refractivity contribution in [3.63, 3.8) is 0 Å². The van der Waals surface area contributed by atoms with Crippen molar-refractivity contribution in [1.29, 1.82) is 0 Å². The fourth-order valence-electron chi connectivity index (χ4n) is 4.16. The molecule has 0 aliphatic carbocycles. The van der Waals surface area contributed by atoms with E-state index in [0.29, 0.717) is 25.4 Å². The van der Waals surface area contributed by atoms with Gasteiger partial charge in [-0.3, -0.25) is 9.59 Å². The number of amides is 2. The topological polar surface area (TPSA) is 49.4 Å². The van der Waals surface area contributed by atoms with Crippen LogP contribution in [0.3, 0.4) is 0 Å². The van der Waals surface area contributed by atoms with Crippen molar-refractivity contribution >= 4 is 11.8 Å². The van der Waals surface area contributed by atoms with Gasteiger partial charge in [-0.15, -0.1) is 0 Å². The number of nitrogens with one attached hydrogen (secondary N) is 1. The summed E-state index contributed by atoms with van der Waals surface area (Å²) in [7, 11) is 0. The van der Waals surface area contributed by atoms with E-state index in [0.717, 1.165) is 36.8 Å². The van der Waals surface area contributed by atoms with E-state index in [-0.39, 0.29) is 11.8 Å². The highest BCUT2D eigenvalue weighted by molar-refractivity contribution is 6.00. The second kappa shape index (κ2) is 9.92. The Bertz CT molecular complexity index is 862. The first kappa shape index (κ1) is 22.1. The van der Waals surface area contributed by atoms with Crippen LogP contribution in [0.4, 0.5) is 0 Å². The molecule has 2 aromatic rings. The van der Waals surface area contributed by atoms with Crippen molar-refractivity contribution in [2.45, 2.75) is 58.4 Å². The van der Waals surface area contributed by atoms with Gasteiger partial charge in [0.25, 0.3) is 5.91 Å². The molecule has 160 valence electrons. The summed E-state index contributed by atoms with van der Waals surface area (Å²) in [6.07, 6.45) is 4.01. The molecule has 0 aromatic heterocycles. The highest BCUT2D eigenvalue weighted by Gasteiger charge is 2.44. The minimum atomic E-state index is -0.843. The van der Waals surface area contributed by atoms with Crippen molar-refractivity contribution in [3.05, 3.63) is 71.3 Å². The van der Waals surface area contributed by atoms with Crippen LogP contribution in [-0.2, 0) is 17.6 Å². The van der Waals surface area contributed by atoms with Crippen LogP contribution in [-0.4, -0.2) is 35.3 Å². The van der Waals surface area contributed by atoms with Gasteiger partial charge in [0.05, 0.1) is 0 Å². The molecule has 0 radical (unpaired) electrons. The lowest BCUT2D eigenvalue weighted by atomic mass is 9.91. The third kappa shape index (κ3) is 5.10. The van der Waals surface area contributed by atoms with Crippen molar-refractivity contribution in [3.8, 4) is 0 Å². The predicted molar refractivity (Wildman–Crippen MR) is 121 cm³/mol. The lowest BCUT2D eigenvalue weighted by Crippen LogP contribution is -2.59. The monoisotopic (exact) mass is 406 g/mol. The SMILES string of the molecule is CC(C)CCNC(=O)[C@@]1(C)CCc2ccccc2C(=O)N1CCCc1ccccc1. The third-order valence-electron chi connectivity index (χ3n) is 6.16. The first-order valence-corrected chi connectivity index (χ1v) is 11.1. The van der Waals surface area contributed by atoms with Crippen LogP contribution < -0.4 is 5.32 Å². The van der Waals surface area contributed by atoms with Crippen molar-refractivity contribution < 1.29 is 9.59 Å². The van der Waals surface area contributed by atoms with Crippen LogP contribution >= 0.6 is 0 Å². The van der Waals surface area contributed by atoms with E-state index in [1.165, 1.54) is 5.56 Å². The van der Waals surface area contributed by atoms with Gasteiger partial charge < -0.3 is 10.2 Å². The zero-order chi connectivity index (χ0) is 21.6. The van der Waals surface area contributed by atoms with E-state index in [1.54, 1.807) is 0 Å². The first-order valence-electron chi connectivity index (χ1n) is 11.1. The molecule has 4 heteroatoms. The Morgan fingerprint density at radius 3 is 2.53 bits per heavy atom. The number of fused-ring (bicyclic) bond motifs is 1. The first-order chi connectivity index (χ1) is 14.4. The number of hydrogen-bond acceptors (Lipinski definition) is 2. The molecule has 30 heavy (non-hydrogen) atoms. The van der Waals surface area contributed by atoms with Gasteiger partial charge in [0, 0.05) is 18.7 Å². The fraction of sp³-hybridized carbons (Fsp3) is 0.462. The lowest BCUT2D eigenvalue weighted by molar-refractivity contribution is -0.131. The molecule has 1 N–H and O–H groups in total. The van der Waals surface area contributed by atoms with E-state index in [4.69, 9.17) is 0 Å². The number of carbonyl (C=O) groups is 2. The maximum atomic E-state index is 13.5. The average Bonchev–Trinajstić information content (AvgIpc) is 2.85. The molecule has 4 nitrogen and oxygen atoms in total. The van der Waals surface area contributed by atoms with E-state index >= 15 is 0 Å². The Labute approximate surface area is 180 Å². The Hall–Kier alpha value is -2.62. The number of benzene rings is 2. The molecule has 1 atom stereocenters. The maximum absolute atomic E-state index is 13.5. The minimum absolute atomic E-state index is 0.0299. The van der Waals surface area contributed by atoms with Crippen molar-refractivity contribution in [1.82, 2.24) is 10.2 Å². The summed E-state index contributed by atoms with van der Waals surface area (Å²) in [4.78, 5) is 28.6. The number of nitrogens with zero attached hydrogens (tertiary/aromatic N) is 1. The van der Waals surface area contributed by atoms with Gasteiger partial charge in [-0.25, -0.2) is 0 Å². The van der Waals surface area contributed by atoms with E-state index in [9.17, 15) is 9.59 Å². The van der Waals surface area contributed by atoms with Gasteiger partial charge in [-0.2, -0.15) is 0 Å². The number of rotatable bonds is 8. The van der Waals surface area contributed by atoms with Gasteiger partial charge >= 0.3 is 0 Å². The second-order valence-electron chi connectivity index (χ2n) is 8.92. The van der Waals surface area contributed by atoms with Gasteiger partial charge in [0.15, 0.2) is 0 Å². The maximum Gasteiger partial charge on any atom is 0.255 e. The number of hydrogen-bond donors (Lipinski definition) is 1. The summed E-state index contributed by atoms with van der Waals surface area (Å²) < 4.78 is 0. The highest BCUT2D eigenvalue weighted by atomic mass is 16.2. The molecule has 0 spiro atoms. The van der Waals surface area contributed by atoms with E-state index in [2.05, 4.69) is 31.3 Å². The Morgan fingerprint density at radius 1 is 1.10 bits per heavy atom. The largest absolute Gasteiger partial charge is 0.354 e. The van der Waals surface area contributed by atoms with Gasteiger partial charge in [0.2, 0.25) is 5.91 Å². The summed E-state index contributed by atoms with van der Waals surface area (Å²) in [5.41, 5.74) is 2.18. The predicted octanol–water partition coefficient (Wildman–Crippen LogP) is 4.63. The van der Waals surface area contributed by atoms with Crippen LogP contribution in [0.25, 0.3) is 0 Å². The third-order valence-corrected chi connectivity index (χ3v) is 6.16. The molecule has 0 saturated heterocycles. The Balaban J connectivity index is 1.80. The minimum Gasteiger partial charge on any atom is -0.354 e. The normalized spacial score (nSPS) is 18.8. The molecular weight excluding hydrogens is 372 g/mol. The molecule has 3 rings (SSSR count). The molecule has 1 aliphatic heterocycles. The molecule has 2 aromatic carbocycles. The quantitative estimate of drug-likeness (QED) is 0.695. The van der Waals surface area contributed by atoms with Gasteiger partial charge in [-0.1, -0.05) is 62.4 Å². The summed E-state index contributed by atoms with van der Waals surface area (Å²) in [6, 6.07) is 18.1. The van der Waals surface area contributed by atoms with Crippen LogP contribution in [0.2, 0.25) is 0 Å². The molecule has 0 unspecified atom stereocenters. The number of aryl methyl sites for hydroxylation is 2. The summed E-state index contributed by atoms with van der Waals surface area (Å²) in [6.45, 7) is 7.44.